The van der Waals surface area contributed by atoms with E-state index in [0.717, 1.165) is 0 Å². The number of carbonyl (C=O) groups excluding carboxylic acids is 1. The quantitative estimate of drug-likeness (QED) is 0.601. The molecular weight excluding hydrogens is 384 g/mol. The Morgan fingerprint density at radius 3 is 2.07 bits per heavy atom. The van der Waals surface area contributed by atoms with Crippen molar-refractivity contribution in [2.45, 2.75) is 56.6 Å². The van der Waals surface area contributed by atoms with Crippen molar-refractivity contribution >= 4 is 24.7 Å². The molecule has 4 atom stereocenters. The molecule has 0 spiro atoms. The van der Waals surface area contributed by atoms with Crippen LogP contribution in [0.25, 0.3) is 0 Å². The lowest BCUT2D eigenvalue weighted by molar-refractivity contribution is -0.145. The second kappa shape index (κ2) is 7.68. The van der Waals surface area contributed by atoms with Gasteiger partial charge in [0.15, 0.2) is 6.10 Å². The van der Waals surface area contributed by atoms with Gasteiger partial charge in [0.05, 0.1) is 13.0 Å². The Balaban J connectivity index is 1.67. The first-order chi connectivity index (χ1) is 13.8. The second-order valence-electron chi connectivity index (χ2n) is 8.84. The summed E-state index contributed by atoms with van der Waals surface area (Å²) in [5, 5.41) is 12.9. The van der Waals surface area contributed by atoms with Crippen LogP contribution in [0.1, 0.15) is 27.2 Å². The average molecular weight is 413 g/mol. The highest BCUT2D eigenvalue weighted by Gasteiger charge is 2.54. The van der Waals surface area contributed by atoms with Gasteiger partial charge in [-0.15, -0.1) is 0 Å². The number of aliphatic hydroxyl groups excluding tert-OH is 1. The maximum atomic E-state index is 11.5. The van der Waals surface area contributed by atoms with E-state index in [4.69, 9.17) is 13.9 Å². The van der Waals surface area contributed by atoms with E-state index in [1.165, 1.54) is 10.4 Å². The fourth-order valence-electron chi connectivity index (χ4n) is 4.59. The minimum atomic E-state index is -2.70. The van der Waals surface area contributed by atoms with Gasteiger partial charge in [-0.25, -0.2) is 0 Å². The maximum Gasteiger partial charge on any atom is 0.309 e. The lowest BCUT2D eigenvalue weighted by atomic mass is 10.1. The molecular formula is C23H28O5Si. The van der Waals surface area contributed by atoms with E-state index >= 15 is 0 Å². The van der Waals surface area contributed by atoms with Crippen LogP contribution in [-0.4, -0.2) is 50.4 Å². The summed E-state index contributed by atoms with van der Waals surface area (Å²) in [6, 6.07) is 20.7. The van der Waals surface area contributed by atoms with Gasteiger partial charge >= 0.3 is 5.97 Å². The predicted molar refractivity (Wildman–Crippen MR) is 113 cm³/mol. The Bertz CT molecular complexity index is 809. The molecule has 2 aliphatic rings. The Morgan fingerprint density at radius 2 is 1.59 bits per heavy atom. The topological polar surface area (TPSA) is 65.0 Å². The molecule has 0 aromatic heterocycles. The molecule has 5 nitrogen and oxygen atoms in total. The molecule has 6 heteroatoms. The predicted octanol–water partition coefficient (Wildman–Crippen LogP) is 2.01. The summed E-state index contributed by atoms with van der Waals surface area (Å²) in [7, 11) is -2.70. The van der Waals surface area contributed by atoms with Crippen molar-refractivity contribution in [3.63, 3.8) is 0 Å². The lowest BCUT2D eigenvalue weighted by Crippen LogP contribution is -2.67. The maximum absolute atomic E-state index is 11.5. The van der Waals surface area contributed by atoms with Crippen LogP contribution in [0.3, 0.4) is 0 Å². The Hall–Kier alpha value is -1.99. The van der Waals surface area contributed by atoms with Crippen molar-refractivity contribution in [1.29, 1.82) is 0 Å². The molecule has 1 N–H and O–H groups in total. The summed E-state index contributed by atoms with van der Waals surface area (Å²) in [6.07, 6.45) is -2.16. The molecule has 154 valence electrons. The first-order valence-corrected chi connectivity index (χ1v) is 12.0. The monoisotopic (exact) mass is 412 g/mol. The number of carbonyl (C=O) groups is 1. The number of hydrogen-bond acceptors (Lipinski definition) is 5. The Kier molecular flexibility index (Phi) is 5.37. The third-order valence-electron chi connectivity index (χ3n) is 5.95. The first kappa shape index (κ1) is 20.3. The van der Waals surface area contributed by atoms with Crippen LogP contribution in [0.15, 0.2) is 60.7 Å². The van der Waals surface area contributed by atoms with E-state index in [9.17, 15) is 9.90 Å². The Morgan fingerprint density at radius 1 is 1.03 bits per heavy atom. The van der Waals surface area contributed by atoms with E-state index in [1.807, 2.05) is 36.4 Å². The number of fused-ring (bicyclic) bond motifs is 1. The Labute approximate surface area is 172 Å². The zero-order valence-corrected chi connectivity index (χ0v) is 18.1. The number of esters is 1. The van der Waals surface area contributed by atoms with Gasteiger partial charge in [0, 0.05) is 0 Å². The summed E-state index contributed by atoms with van der Waals surface area (Å²) in [6.45, 7) is 6.88. The van der Waals surface area contributed by atoms with Crippen molar-refractivity contribution in [3.8, 4) is 0 Å². The van der Waals surface area contributed by atoms with E-state index in [-0.39, 0.29) is 30.1 Å². The number of benzene rings is 2. The minimum Gasteiger partial charge on any atom is -0.457 e. The highest BCUT2D eigenvalue weighted by molar-refractivity contribution is 6.99. The van der Waals surface area contributed by atoms with E-state index < -0.39 is 26.6 Å². The zero-order chi connectivity index (χ0) is 20.6. The normalized spacial score (nSPS) is 27.0. The zero-order valence-electron chi connectivity index (χ0n) is 17.1. The number of rotatable bonds is 5. The largest absolute Gasteiger partial charge is 0.457 e. The van der Waals surface area contributed by atoms with Crippen LogP contribution in [0.2, 0.25) is 5.04 Å². The van der Waals surface area contributed by atoms with Crippen molar-refractivity contribution in [2.24, 2.45) is 0 Å². The van der Waals surface area contributed by atoms with Crippen molar-refractivity contribution in [1.82, 2.24) is 0 Å². The molecule has 2 heterocycles. The van der Waals surface area contributed by atoms with Crippen molar-refractivity contribution < 1.29 is 23.8 Å². The molecule has 0 unspecified atom stereocenters. The summed E-state index contributed by atoms with van der Waals surface area (Å²) in [4.78, 5) is 11.5. The third-order valence-corrected chi connectivity index (χ3v) is 11.0. The molecule has 0 saturated carbocycles. The average Bonchev–Trinajstić information content (AvgIpc) is 3.20. The van der Waals surface area contributed by atoms with E-state index in [2.05, 4.69) is 45.0 Å². The molecule has 0 amide bonds. The van der Waals surface area contributed by atoms with Gasteiger partial charge in [-0.1, -0.05) is 81.4 Å². The van der Waals surface area contributed by atoms with Crippen LogP contribution >= 0.6 is 0 Å². The highest BCUT2D eigenvalue weighted by Crippen LogP contribution is 2.38. The molecule has 0 radical (unpaired) electrons. The molecule has 2 fully saturated rings. The van der Waals surface area contributed by atoms with Crippen LogP contribution in [0.5, 0.6) is 0 Å². The van der Waals surface area contributed by atoms with Gasteiger partial charge in [-0.2, -0.15) is 0 Å². The van der Waals surface area contributed by atoms with Crippen LogP contribution in [-0.2, 0) is 18.7 Å². The third kappa shape index (κ3) is 3.55. The summed E-state index contributed by atoms with van der Waals surface area (Å²) >= 11 is 0. The smallest absolute Gasteiger partial charge is 0.309 e. The SMILES string of the molecule is CC(C)(C)[Si](OC[C@H]1O[C@@H]2CC(=O)O[C@@H]2[C@H]1O)(c1ccccc1)c1ccccc1. The molecule has 2 aromatic rings. The second-order valence-corrected chi connectivity index (χ2v) is 13.1. The molecule has 2 saturated heterocycles. The first-order valence-electron chi connectivity index (χ1n) is 10.1. The molecule has 4 rings (SSSR count). The van der Waals surface area contributed by atoms with Crippen molar-refractivity contribution in [3.05, 3.63) is 60.7 Å². The van der Waals surface area contributed by atoms with Gasteiger partial charge in [-0.05, 0) is 15.4 Å². The van der Waals surface area contributed by atoms with Gasteiger partial charge in [-0.3, -0.25) is 4.79 Å². The molecule has 29 heavy (non-hydrogen) atoms. The minimum absolute atomic E-state index is 0.151. The van der Waals surface area contributed by atoms with Crippen LogP contribution in [0.4, 0.5) is 0 Å². The lowest BCUT2D eigenvalue weighted by Gasteiger charge is -2.43. The van der Waals surface area contributed by atoms with Gasteiger partial charge in [0.1, 0.15) is 18.3 Å². The number of hydrogen-bond donors (Lipinski definition) is 1. The summed E-state index contributed by atoms with van der Waals surface area (Å²) < 4.78 is 18.0. The number of ether oxygens (including phenoxy) is 2. The van der Waals surface area contributed by atoms with E-state index in [1.54, 1.807) is 0 Å². The summed E-state index contributed by atoms with van der Waals surface area (Å²) in [5.41, 5.74) is 0. The molecule has 2 aliphatic heterocycles. The van der Waals surface area contributed by atoms with Crippen molar-refractivity contribution in [2.75, 3.05) is 6.61 Å². The van der Waals surface area contributed by atoms with Gasteiger partial charge in [0.2, 0.25) is 0 Å². The van der Waals surface area contributed by atoms with E-state index in [0.29, 0.717) is 0 Å². The molecule has 2 aromatic carbocycles. The van der Waals surface area contributed by atoms with Gasteiger partial charge < -0.3 is 19.0 Å². The fraction of sp³-hybridized carbons (Fsp3) is 0.435. The van der Waals surface area contributed by atoms with Crippen LogP contribution in [0, 0.1) is 0 Å². The van der Waals surface area contributed by atoms with Crippen LogP contribution < -0.4 is 10.4 Å². The highest BCUT2D eigenvalue weighted by atomic mass is 28.4. The standard InChI is InChI=1S/C23H28O5Si/c1-23(2,3)29(16-10-6-4-7-11-16,17-12-8-5-9-13-17)26-15-19-21(25)22-18(27-19)14-20(24)28-22/h4-13,18-19,21-22,25H,14-15H2,1-3H3/t18-,19-,21+,22+/m1/s1. The number of aliphatic hydroxyl groups is 1. The summed E-state index contributed by atoms with van der Waals surface area (Å²) in [5.74, 6) is -0.314. The fourth-order valence-corrected chi connectivity index (χ4v) is 9.16. The molecule has 0 aliphatic carbocycles. The molecule has 0 bridgehead atoms. The van der Waals surface area contributed by atoms with Gasteiger partial charge in [0.25, 0.3) is 8.32 Å².